The van der Waals surface area contributed by atoms with Gasteiger partial charge in [0.2, 0.25) is 0 Å². The zero-order chi connectivity index (χ0) is 14.8. The molecule has 1 N–H and O–H groups in total. The fraction of sp³-hybridized carbons (Fsp3) is 0.214. The second kappa shape index (κ2) is 5.50. The number of ether oxygens (including phenoxy) is 1. The first-order chi connectivity index (χ1) is 9.44. The first-order valence-electron chi connectivity index (χ1n) is 6.02. The van der Waals surface area contributed by atoms with Crippen molar-refractivity contribution in [1.29, 1.82) is 0 Å². The van der Waals surface area contributed by atoms with Crippen LogP contribution in [0, 0.1) is 13.8 Å². The molecule has 20 heavy (non-hydrogen) atoms. The molecule has 0 saturated carbocycles. The minimum atomic E-state index is -3.65. The van der Waals surface area contributed by atoms with E-state index in [4.69, 9.17) is 4.74 Å². The quantitative estimate of drug-likeness (QED) is 0.940. The number of methoxy groups -OCH3 is 1. The Bertz CT molecular complexity index is 689. The van der Waals surface area contributed by atoms with E-state index in [0.29, 0.717) is 22.6 Å². The molecule has 0 bridgehead atoms. The van der Waals surface area contributed by atoms with Crippen LogP contribution in [0.1, 0.15) is 11.1 Å². The topological polar surface area (TPSA) is 68.3 Å². The summed E-state index contributed by atoms with van der Waals surface area (Å²) in [6.45, 7) is 3.49. The van der Waals surface area contributed by atoms with Gasteiger partial charge in [-0.05, 0) is 49.2 Å². The van der Waals surface area contributed by atoms with Crippen molar-refractivity contribution in [3.63, 3.8) is 0 Å². The molecular formula is C14H16N2O3S. The van der Waals surface area contributed by atoms with E-state index in [1.54, 1.807) is 51.4 Å². The molecule has 0 unspecified atom stereocenters. The molecule has 106 valence electrons. The average Bonchev–Trinajstić information content (AvgIpc) is 2.37. The van der Waals surface area contributed by atoms with Crippen LogP contribution in [0.3, 0.4) is 0 Å². The first-order valence-corrected chi connectivity index (χ1v) is 7.50. The number of hydrogen-bond donors (Lipinski definition) is 1. The Morgan fingerprint density at radius 2 is 1.85 bits per heavy atom. The van der Waals surface area contributed by atoms with Gasteiger partial charge in [-0.25, -0.2) is 8.42 Å². The van der Waals surface area contributed by atoms with E-state index in [9.17, 15) is 8.42 Å². The normalized spacial score (nSPS) is 11.2. The maximum absolute atomic E-state index is 12.5. The lowest BCUT2D eigenvalue weighted by Gasteiger charge is -2.14. The predicted molar refractivity (Wildman–Crippen MR) is 77.5 cm³/mol. The van der Waals surface area contributed by atoms with Gasteiger partial charge in [0.15, 0.2) is 0 Å². The van der Waals surface area contributed by atoms with Gasteiger partial charge in [-0.1, -0.05) is 0 Å². The monoisotopic (exact) mass is 292 g/mol. The number of aromatic nitrogens is 1. The number of sulfonamides is 1. The Kier molecular flexibility index (Phi) is 3.94. The van der Waals surface area contributed by atoms with Gasteiger partial charge in [-0.3, -0.25) is 9.71 Å². The Labute approximate surface area is 118 Å². The maximum atomic E-state index is 12.5. The Balaban J connectivity index is 2.45. The van der Waals surface area contributed by atoms with Gasteiger partial charge >= 0.3 is 0 Å². The summed E-state index contributed by atoms with van der Waals surface area (Å²) in [5.41, 5.74) is 1.71. The maximum Gasteiger partial charge on any atom is 0.262 e. The zero-order valence-corrected chi connectivity index (χ0v) is 12.4. The molecule has 0 fully saturated rings. The summed E-state index contributed by atoms with van der Waals surface area (Å²) < 4.78 is 32.6. The van der Waals surface area contributed by atoms with Crippen LogP contribution >= 0.6 is 0 Å². The summed E-state index contributed by atoms with van der Waals surface area (Å²) >= 11 is 0. The van der Waals surface area contributed by atoms with E-state index in [2.05, 4.69) is 9.71 Å². The van der Waals surface area contributed by atoms with Crippen LogP contribution in [-0.4, -0.2) is 20.5 Å². The Hall–Kier alpha value is -2.08. The van der Waals surface area contributed by atoms with Crippen molar-refractivity contribution in [2.75, 3.05) is 11.8 Å². The lowest BCUT2D eigenvalue weighted by atomic mass is 10.1. The van der Waals surface area contributed by atoms with Crippen molar-refractivity contribution in [3.8, 4) is 5.75 Å². The van der Waals surface area contributed by atoms with E-state index in [0.717, 1.165) is 0 Å². The number of nitrogens with zero attached hydrogens (tertiary/aromatic N) is 1. The van der Waals surface area contributed by atoms with Gasteiger partial charge in [0.25, 0.3) is 10.0 Å². The van der Waals surface area contributed by atoms with Crippen LogP contribution in [0.15, 0.2) is 41.6 Å². The molecule has 0 radical (unpaired) electrons. The molecule has 6 heteroatoms. The van der Waals surface area contributed by atoms with Gasteiger partial charge in [-0.15, -0.1) is 0 Å². The SMILES string of the molecule is COc1cc(C)c(S(=O)(=O)Nc2cccnc2)c(C)c1. The van der Waals surface area contributed by atoms with Crippen LogP contribution in [0.25, 0.3) is 0 Å². The Morgan fingerprint density at radius 1 is 1.20 bits per heavy atom. The van der Waals surface area contributed by atoms with E-state index in [1.165, 1.54) is 6.20 Å². The van der Waals surface area contributed by atoms with Gasteiger partial charge in [0.05, 0.1) is 23.9 Å². The summed E-state index contributed by atoms with van der Waals surface area (Å²) in [5.74, 6) is 0.639. The highest BCUT2D eigenvalue weighted by molar-refractivity contribution is 7.92. The van der Waals surface area contributed by atoms with E-state index in [-0.39, 0.29) is 4.90 Å². The number of aryl methyl sites for hydroxylation is 2. The lowest BCUT2D eigenvalue weighted by molar-refractivity contribution is 0.413. The van der Waals surface area contributed by atoms with Crippen molar-refractivity contribution in [3.05, 3.63) is 47.8 Å². The molecule has 2 aromatic rings. The fourth-order valence-corrected chi connectivity index (χ4v) is 3.58. The standard InChI is InChI=1S/C14H16N2O3S/c1-10-7-13(19-3)8-11(2)14(10)20(17,18)16-12-5-4-6-15-9-12/h4-9,16H,1-3H3. The fourth-order valence-electron chi connectivity index (χ4n) is 2.08. The highest BCUT2D eigenvalue weighted by atomic mass is 32.2. The van der Waals surface area contributed by atoms with Crippen LogP contribution in [-0.2, 0) is 10.0 Å². The van der Waals surface area contributed by atoms with Crippen LogP contribution in [0.5, 0.6) is 5.75 Å². The summed E-state index contributed by atoms with van der Waals surface area (Å²) in [7, 11) is -2.09. The van der Waals surface area contributed by atoms with E-state index < -0.39 is 10.0 Å². The van der Waals surface area contributed by atoms with Gasteiger partial charge in [0, 0.05) is 6.20 Å². The third-order valence-electron chi connectivity index (χ3n) is 2.85. The highest BCUT2D eigenvalue weighted by Gasteiger charge is 2.20. The summed E-state index contributed by atoms with van der Waals surface area (Å²) in [4.78, 5) is 4.15. The summed E-state index contributed by atoms with van der Waals surface area (Å²) in [6, 6.07) is 6.72. The number of anilines is 1. The molecule has 1 aromatic heterocycles. The number of pyridine rings is 1. The van der Waals surface area contributed by atoms with Crippen LogP contribution < -0.4 is 9.46 Å². The van der Waals surface area contributed by atoms with E-state index >= 15 is 0 Å². The van der Waals surface area contributed by atoms with Crippen molar-refractivity contribution in [1.82, 2.24) is 4.98 Å². The number of benzene rings is 1. The molecule has 2 rings (SSSR count). The molecule has 0 spiro atoms. The molecule has 0 aliphatic rings. The third-order valence-corrected chi connectivity index (χ3v) is 4.54. The largest absolute Gasteiger partial charge is 0.497 e. The second-order valence-corrected chi connectivity index (χ2v) is 6.06. The molecular weight excluding hydrogens is 276 g/mol. The molecule has 1 heterocycles. The van der Waals surface area contributed by atoms with Crippen molar-refractivity contribution in [2.24, 2.45) is 0 Å². The molecule has 5 nitrogen and oxygen atoms in total. The minimum Gasteiger partial charge on any atom is -0.497 e. The van der Waals surface area contributed by atoms with Gasteiger partial charge < -0.3 is 4.74 Å². The number of nitrogens with one attached hydrogen (secondary N) is 1. The lowest BCUT2D eigenvalue weighted by Crippen LogP contribution is -2.16. The zero-order valence-electron chi connectivity index (χ0n) is 11.5. The summed E-state index contributed by atoms with van der Waals surface area (Å²) in [6.07, 6.45) is 3.05. The van der Waals surface area contributed by atoms with Crippen molar-refractivity contribution in [2.45, 2.75) is 18.7 Å². The predicted octanol–water partition coefficient (Wildman–Crippen LogP) is 2.51. The number of rotatable bonds is 4. The van der Waals surface area contributed by atoms with Crippen LogP contribution in [0.2, 0.25) is 0 Å². The molecule has 0 atom stereocenters. The second-order valence-electron chi connectivity index (χ2n) is 4.44. The Morgan fingerprint density at radius 3 is 2.35 bits per heavy atom. The smallest absolute Gasteiger partial charge is 0.262 e. The van der Waals surface area contributed by atoms with Crippen molar-refractivity contribution < 1.29 is 13.2 Å². The highest BCUT2D eigenvalue weighted by Crippen LogP contribution is 2.27. The molecule has 1 aromatic carbocycles. The van der Waals surface area contributed by atoms with E-state index in [1.807, 2.05) is 0 Å². The first kappa shape index (κ1) is 14.3. The minimum absolute atomic E-state index is 0.266. The molecule has 0 aliphatic carbocycles. The number of hydrogen-bond acceptors (Lipinski definition) is 4. The van der Waals surface area contributed by atoms with Crippen LogP contribution in [0.4, 0.5) is 5.69 Å². The summed E-state index contributed by atoms with van der Waals surface area (Å²) in [5, 5.41) is 0. The molecule has 0 aliphatic heterocycles. The molecule has 0 amide bonds. The van der Waals surface area contributed by atoms with Gasteiger partial charge in [-0.2, -0.15) is 0 Å². The van der Waals surface area contributed by atoms with Crippen molar-refractivity contribution >= 4 is 15.7 Å². The molecule has 0 saturated heterocycles. The third kappa shape index (κ3) is 2.91. The van der Waals surface area contributed by atoms with Gasteiger partial charge in [0.1, 0.15) is 5.75 Å². The average molecular weight is 292 g/mol.